The molecular formula is C48H54BBrF6N6O8. The minimum absolute atomic E-state index is 0.0241. The van der Waals surface area contributed by atoms with Gasteiger partial charge in [-0.2, -0.15) is 0 Å². The summed E-state index contributed by atoms with van der Waals surface area (Å²) in [6.07, 6.45) is 5.50. The van der Waals surface area contributed by atoms with Gasteiger partial charge >= 0.3 is 7.12 Å². The summed E-state index contributed by atoms with van der Waals surface area (Å²) in [5.41, 5.74) is 12.6. The van der Waals surface area contributed by atoms with Gasteiger partial charge in [-0.3, -0.25) is 0 Å². The Labute approximate surface area is 409 Å². The molecule has 4 aliphatic heterocycles. The number of rotatable bonds is 10. The van der Waals surface area contributed by atoms with Crippen LogP contribution in [-0.4, -0.2) is 88.9 Å². The summed E-state index contributed by atoms with van der Waals surface area (Å²) < 4.78 is 92.9. The Balaban J connectivity index is 0.000000191. The molecule has 2 spiro atoms. The molecule has 14 nitrogen and oxygen atoms in total. The number of nitrogens with two attached hydrogens (primary N) is 2. The molecule has 6 unspecified atom stereocenters. The lowest BCUT2D eigenvalue weighted by molar-refractivity contribution is -0.193. The monoisotopic (exact) mass is 1050 g/mol. The first-order valence-corrected chi connectivity index (χ1v) is 22.8. The highest BCUT2D eigenvalue weighted by Gasteiger charge is 2.51. The number of allylic oxidation sites excluding steroid dienone is 2. The molecule has 0 saturated carbocycles. The van der Waals surface area contributed by atoms with Gasteiger partial charge in [0.15, 0.2) is 23.3 Å². The molecule has 0 radical (unpaired) electrons. The Morgan fingerprint density at radius 2 is 1.17 bits per heavy atom. The maximum Gasteiger partial charge on any atom is 0.491 e. The Morgan fingerprint density at radius 3 is 1.61 bits per heavy atom. The first kappa shape index (κ1) is 53.7. The number of aliphatic hydroxyl groups excluding tert-OH is 2. The molecular weight excluding hydrogens is 993 g/mol. The van der Waals surface area contributed by atoms with E-state index in [1.807, 2.05) is 52.0 Å². The molecule has 4 aromatic carbocycles. The maximum atomic E-state index is 14.5. The summed E-state index contributed by atoms with van der Waals surface area (Å²) in [5, 5.41) is 38.8. The predicted octanol–water partition coefficient (Wildman–Crippen LogP) is 6.92. The molecule has 0 fully saturated rings. The SMILES string of the molecule is CC(C)=CC(CCO)C1CC2(N=C(N)N(C)O2)c2cc(-c3cc(F)cc(F)c3F)ccc2O1.CC(C)=CC(CCO)C1CC2(N=C(N)N(C)O2)c2cc(Br)ccc2O1.OB(O)c1cc(F)cc(F)c1F. The first-order chi connectivity index (χ1) is 33.0. The number of hydrogen-bond acceptors (Lipinski definition) is 14. The van der Waals surface area contributed by atoms with Crippen molar-refractivity contribution in [3.63, 3.8) is 0 Å². The van der Waals surface area contributed by atoms with Crippen LogP contribution in [0, 0.1) is 46.7 Å². The van der Waals surface area contributed by atoms with Crippen LogP contribution in [0.5, 0.6) is 11.5 Å². The summed E-state index contributed by atoms with van der Waals surface area (Å²) in [6, 6.07) is 12.8. The van der Waals surface area contributed by atoms with Crippen molar-refractivity contribution in [2.75, 3.05) is 27.3 Å². The average Bonchev–Trinajstić information content (AvgIpc) is 3.74. The van der Waals surface area contributed by atoms with E-state index in [0.29, 0.717) is 54.7 Å². The molecule has 4 heterocycles. The van der Waals surface area contributed by atoms with Gasteiger partial charge in [0.1, 0.15) is 35.3 Å². The molecule has 8 N–H and O–H groups in total. The zero-order chi connectivity index (χ0) is 51.4. The summed E-state index contributed by atoms with van der Waals surface area (Å²) in [4.78, 5) is 21.3. The van der Waals surface area contributed by atoms with E-state index in [1.165, 1.54) is 21.8 Å². The van der Waals surface area contributed by atoms with E-state index in [2.05, 4.69) is 32.0 Å². The Bertz CT molecular complexity index is 2690. The van der Waals surface area contributed by atoms with Crippen molar-refractivity contribution in [3.05, 3.63) is 134 Å². The van der Waals surface area contributed by atoms with E-state index < -0.39 is 65.0 Å². The second-order valence-corrected chi connectivity index (χ2v) is 18.4. The molecule has 0 aromatic heterocycles. The van der Waals surface area contributed by atoms with Crippen LogP contribution in [0.2, 0.25) is 0 Å². The molecule has 8 rings (SSSR count). The van der Waals surface area contributed by atoms with Crippen molar-refractivity contribution >= 4 is 40.4 Å². The Kier molecular flexibility index (Phi) is 17.0. The van der Waals surface area contributed by atoms with Crippen molar-refractivity contribution in [1.82, 2.24) is 10.1 Å². The molecule has 6 atom stereocenters. The molecule has 0 aliphatic carbocycles. The van der Waals surface area contributed by atoms with Crippen LogP contribution in [0.3, 0.4) is 0 Å². The topological polar surface area (TPSA) is 201 Å². The van der Waals surface area contributed by atoms with Gasteiger partial charge in [-0.15, -0.1) is 0 Å². The minimum Gasteiger partial charge on any atom is -0.489 e. The number of guanidine groups is 2. The molecule has 0 saturated heterocycles. The van der Waals surface area contributed by atoms with Gasteiger partial charge in [-0.1, -0.05) is 45.3 Å². The first-order valence-electron chi connectivity index (χ1n) is 22.0. The largest absolute Gasteiger partial charge is 0.491 e. The quantitative estimate of drug-likeness (QED) is 0.0415. The third-order valence-electron chi connectivity index (χ3n) is 11.7. The lowest BCUT2D eigenvalue weighted by Gasteiger charge is -2.39. The smallest absolute Gasteiger partial charge is 0.489 e. The van der Waals surface area contributed by atoms with Crippen molar-refractivity contribution in [2.45, 2.75) is 77.0 Å². The van der Waals surface area contributed by atoms with Gasteiger partial charge in [0.25, 0.3) is 0 Å². The van der Waals surface area contributed by atoms with Gasteiger partial charge in [-0.25, -0.2) is 56.1 Å². The minimum atomic E-state index is -2.21. The van der Waals surface area contributed by atoms with Crippen LogP contribution >= 0.6 is 15.9 Å². The molecule has 22 heteroatoms. The fourth-order valence-corrected chi connectivity index (χ4v) is 8.95. The van der Waals surface area contributed by atoms with Gasteiger partial charge in [0.05, 0.1) is 11.1 Å². The number of nitrogens with zero attached hydrogens (tertiary/aromatic N) is 4. The van der Waals surface area contributed by atoms with Gasteiger partial charge < -0.3 is 41.2 Å². The third kappa shape index (κ3) is 11.9. The number of ether oxygens (including phenoxy) is 2. The number of fused-ring (bicyclic) bond motifs is 4. The van der Waals surface area contributed by atoms with Crippen LogP contribution in [-0.2, 0) is 21.1 Å². The second-order valence-electron chi connectivity index (χ2n) is 17.5. The molecule has 4 aromatic rings. The van der Waals surface area contributed by atoms with E-state index in [-0.39, 0.29) is 54.7 Å². The highest BCUT2D eigenvalue weighted by molar-refractivity contribution is 9.10. The molecule has 4 aliphatic rings. The van der Waals surface area contributed by atoms with Crippen LogP contribution in [0.15, 0.2) is 98.4 Å². The maximum absolute atomic E-state index is 14.5. The number of aliphatic imine (C=N–C) groups is 2. The van der Waals surface area contributed by atoms with Gasteiger partial charge in [0, 0.05) is 79.6 Å². The normalized spacial score (nSPS) is 21.7. The Morgan fingerprint density at radius 1 is 0.714 bits per heavy atom. The second kappa shape index (κ2) is 22.2. The van der Waals surface area contributed by atoms with Crippen LogP contribution in [0.25, 0.3) is 11.1 Å². The average molecular weight is 1050 g/mol. The zero-order valence-electron chi connectivity index (χ0n) is 39.1. The number of benzene rings is 4. The summed E-state index contributed by atoms with van der Waals surface area (Å²) >= 11 is 3.51. The lowest BCUT2D eigenvalue weighted by atomic mass is 9.80. The summed E-state index contributed by atoms with van der Waals surface area (Å²) in [5.74, 6) is -5.67. The van der Waals surface area contributed by atoms with Gasteiger partial charge in [-0.05, 0) is 88.6 Å². The summed E-state index contributed by atoms with van der Waals surface area (Å²) in [7, 11) is 1.15. The number of hydrogen-bond donors (Lipinski definition) is 6. The zero-order valence-corrected chi connectivity index (χ0v) is 40.7. The van der Waals surface area contributed by atoms with E-state index >= 15 is 0 Å². The molecule has 0 amide bonds. The summed E-state index contributed by atoms with van der Waals surface area (Å²) in [6.45, 7) is 8.09. The fraction of sp³-hybridized carbons (Fsp3) is 0.375. The molecule has 70 heavy (non-hydrogen) atoms. The predicted molar refractivity (Wildman–Crippen MR) is 254 cm³/mol. The van der Waals surface area contributed by atoms with Crippen molar-refractivity contribution in [3.8, 4) is 22.6 Å². The van der Waals surface area contributed by atoms with Crippen LogP contribution < -0.4 is 26.4 Å². The highest BCUT2D eigenvalue weighted by atomic mass is 79.9. The van der Waals surface area contributed by atoms with E-state index in [1.54, 1.807) is 26.2 Å². The Hall–Kier alpha value is -5.62. The number of aliphatic hydroxyl groups is 2. The van der Waals surface area contributed by atoms with Crippen molar-refractivity contribution in [1.29, 1.82) is 0 Å². The molecule has 376 valence electrons. The number of hydroxylamine groups is 4. The van der Waals surface area contributed by atoms with E-state index in [9.17, 15) is 36.6 Å². The fourth-order valence-electron chi connectivity index (χ4n) is 8.59. The van der Waals surface area contributed by atoms with Crippen molar-refractivity contribution < 1.29 is 65.8 Å². The van der Waals surface area contributed by atoms with E-state index in [4.69, 9.17) is 40.7 Å². The van der Waals surface area contributed by atoms with Crippen LogP contribution in [0.1, 0.15) is 64.5 Å². The van der Waals surface area contributed by atoms with Crippen molar-refractivity contribution in [2.24, 2.45) is 33.3 Å². The van der Waals surface area contributed by atoms with Gasteiger partial charge in [0.2, 0.25) is 23.4 Å². The number of halogens is 7. The third-order valence-corrected chi connectivity index (χ3v) is 12.2. The van der Waals surface area contributed by atoms with E-state index in [0.717, 1.165) is 27.4 Å². The standard InChI is InChI=1S/C24H26F3N3O3.C18H24BrN3O3.C6H4BF3O2/c1-13(2)8-15(6-7-31)21-12-24(29-23(28)30(3)33-24)18-9-14(4-5-20(18)32-21)17-10-16(25)11-19(26)22(17)27;1-11(2)8-12(6-7-23)16-10-18(21-17(20)22(3)25-18)14-9-13(19)4-5-15(14)24-16;8-3-1-4(7(11)12)6(10)5(9)2-3/h4-5,8-11,15,21,31H,6-7,12H2,1-3H3,(H2,28,29);4-5,8-9,12,16,23H,6-7,10H2,1-3H3,(H2,20,21);1-2,11-12H. The van der Waals surface area contributed by atoms with Crippen LogP contribution in [0.4, 0.5) is 26.3 Å². The molecule has 0 bridgehead atoms. The lowest BCUT2D eigenvalue weighted by Crippen LogP contribution is -2.42. The highest BCUT2D eigenvalue weighted by Crippen LogP contribution is 2.50.